The lowest BCUT2D eigenvalue weighted by molar-refractivity contribution is -0.146. The third kappa shape index (κ3) is 2.82. The lowest BCUT2D eigenvalue weighted by Gasteiger charge is -2.20. The van der Waals surface area contributed by atoms with Crippen LogP contribution in [0.2, 0.25) is 0 Å². The molecular weight excluding hydrogens is 298 g/mol. The second-order valence-corrected chi connectivity index (χ2v) is 7.37. The molecule has 2 saturated carbocycles. The Morgan fingerprint density at radius 1 is 1.41 bits per heavy atom. The Morgan fingerprint density at radius 2 is 2.36 bits per heavy atom. The molecule has 3 atom stereocenters. The van der Waals surface area contributed by atoms with E-state index in [-0.39, 0.29) is 12.6 Å². The summed E-state index contributed by atoms with van der Waals surface area (Å²) in [5, 5.41) is 1.98. The Hall–Kier alpha value is -1.62. The van der Waals surface area contributed by atoms with Crippen LogP contribution in [0.15, 0.2) is 28.2 Å². The van der Waals surface area contributed by atoms with E-state index in [2.05, 4.69) is 4.98 Å². The number of hydrogen-bond acceptors (Lipinski definition) is 5. The number of esters is 1. The fourth-order valence-corrected chi connectivity index (χ4v) is 4.60. The molecule has 0 spiro atoms. The van der Waals surface area contributed by atoms with Crippen molar-refractivity contribution in [2.75, 3.05) is 0 Å². The summed E-state index contributed by atoms with van der Waals surface area (Å²) in [5.41, 5.74) is 0.671. The van der Waals surface area contributed by atoms with Crippen molar-refractivity contribution in [1.29, 1.82) is 0 Å². The van der Waals surface area contributed by atoms with Crippen molar-refractivity contribution >= 4 is 17.3 Å². The molecule has 0 saturated heterocycles. The van der Waals surface area contributed by atoms with Crippen LogP contribution in [0.1, 0.15) is 37.8 Å². The highest BCUT2D eigenvalue weighted by atomic mass is 32.1. The van der Waals surface area contributed by atoms with E-state index < -0.39 is 0 Å². The van der Waals surface area contributed by atoms with Crippen molar-refractivity contribution in [1.82, 2.24) is 4.98 Å². The summed E-state index contributed by atoms with van der Waals surface area (Å²) in [4.78, 5) is 17.4. The molecule has 116 valence electrons. The molecule has 22 heavy (non-hydrogen) atoms. The number of carbonyl (C=O) groups excluding carboxylic acids is 1. The number of oxazole rings is 1. The Labute approximate surface area is 133 Å². The number of aromatic nitrogens is 1. The van der Waals surface area contributed by atoms with Gasteiger partial charge < -0.3 is 9.15 Å². The van der Waals surface area contributed by atoms with Crippen LogP contribution in [0.25, 0.3) is 10.8 Å². The van der Waals surface area contributed by atoms with Gasteiger partial charge in [-0.2, -0.15) is 0 Å². The first-order valence-corrected chi connectivity index (χ1v) is 8.80. The quantitative estimate of drug-likeness (QED) is 0.773. The summed E-state index contributed by atoms with van der Waals surface area (Å²) < 4.78 is 10.8. The Kier molecular flexibility index (Phi) is 3.74. The summed E-state index contributed by atoms with van der Waals surface area (Å²) in [6, 6.07) is 3.92. The van der Waals surface area contributed by atoms with Gasteiger partial charge in [0.25, 0.3) is 0 Å². The van der Waals surface area contributed by atoms with Crippen molar-refractivity contribution in [3.8, 4) is 10.8 Å². The third-order valence-corrected chi connectivity index (χ3v) is 5.84. The van der Waals surface area contributed by atoms with E-state index in [0.717, 1.165) is 16.7 Å². The van der Waals surface area contributed by atoms with Crippen LogP contribution >= 0.6 is 11.3 Å². The Bertz CT molecular complexity index is 649. The minimum Gasteiger partial charge on any atom is -0.459 e. The largest absolute Gasteiger partial charge is 0.459 e. The molecule has 2 aliphatic rings. The molecule has 0 aromatic carbocycles. The molecular formula is C17H19NO3S. The van der Waals surface area contributed by atoms with E-state index in [4.69, 9.17) is 9.15 Å². The molecule has 5 heteroatoms. The van der Waals surface area contributed by atoms with Crippen LogP contribution in [-0.2, 0) is 16.1 Å². The molecule has 0 amide bonds. The van der Waals surface area contributed by atoms with E-state index in [9.17, 15) is 4.79 Å². The number of ether oxygens (including phenoxy) is 1. The van der Waals surface area contributed by atoms with Crippen molar-refractivity contribution in [3.05, 3.63) is 29.5 Å². The van der Waals surface area contributed by atoms with Gasteiger partial charge in [-0.15, -0.1) is 11.3 Å². The standard InChI is InChI=1S/C17H19NO3S/c19-16(8-13-7-11-3-4-12(13)6-11)20-9-14-10-21-17(18-14)15-2-1-5-22-15/h1-2,5,10-13H,3-4,6-9H2/t11-,12-,13+/m0/s1. The highest BCUT2D eigenvalue weighted by molar-refractivity contribution is 7.13. The predicted octanol–water partition coefficient (Wildman–Crippen LogP) is 4.27. The predicted molar refractivity (Wildman–Crippen MR) is 83.2 cm³/mol. The van der Waals surface area contributed by atoms with Gasteiger partial charge in [0.15, 0.2) is 0 Å². The number of fused-ring (bicyclic) bond motifs is 2. The van der Waals surface area contributed by atoms with E-state index in [1.54, 1.807) is 17.6 Å². The van der Waals surface area contributed by atoms with Gasteiger partial charge in [-0.3, -0.25) is 4.79 Å². The van der Waals surface area contributed by atoms with Gasteiger partial charge in [-0.25, -0.2) is 4.98 Å². The highest BCUT2D eigenvalue weighted by Gasteiger charge is 2.40. The number of rotatable bonds is 5. The summed E-state index contributed by atoms with van der Waals surface area (Å²) >= 11 is 1.58. The molecule has 0 radical (unpaired) electrons. The second kappa shape index (κ2) is 5.88. The van der Waals surface area contributed by atoms with Gasteiger partial charge in [0, 0.05) is 6.42 Å². The SMILES string of the molecule is O=C(C[C@H]1C[C@H]2CC[C@H]1C2)OCc1coc(-c2cccs2)n1. The van der Waals surface area contributed by atoms with E-state index in [0.29, 0.717) is 23.9 Å². The highest BCUT2D eigenvalue weighted by Crippen LogP contribution is 2.49. The molecule has 2 bridgehead atoms. The monoisotopic (exact) mass is 317 g/mol. The maximum Gasteiger partial charge on any atom is 0.306 e. The molecule has 2 heterocycles. The fraction of sp³-hybridized carbons (Fsp3) is 0.529. The summed E-state index contributed by atoms with van der Waals surface area (Å²) in [7, 11) is 0. The van der Waals surface area contributed by atoms with Crippen LogP contribution in [0.4, 0.5) is 0 Å². The maximum atomic E-state index is 12.0. The summed E-state index contributed by atoms with van der Waals surface area (Å²) in [6.45, 7) is 0.203. The van der Waals surface area contributed by atoms with Gasteiger partial charge in [0.05, 0.1) is 4.88 Å². The van der Waals surface area contributed by atoms with Gasteiger partial charge in [0.1, 0.15) is 18.6 Å². The number of thiophene rings is 1. The first-order chi connectivity index (χ1) is 10.8. The van der Waals surface area contributed by atoms with E-state index in [1.165, 1.54) is 25.7 Å². The van der Waals surface area contributed by atoms with Gasteiger partial charge in [0.2, 0.25) is 5.89 Å². The Morgan fingerprint density at radius 3 is 3.09 bits per heavy atom. The summed E-state index contributed by atoms with van der Waals surface area (Å²) in [5.74, 6) is 2.67. The van der Waals surface area contributed by atoms with Crippen LogP contribution < -0.4 is 0 Å². The Balaban J connectivity index is 1.28. The van der Waals surface area contributed by atoms with E-state index >= 15 is 0 Å². The molecule has 4 rings (SSSR count). The third-order valence-electron chi connectivity index (χ3n) is 4.98. The van der Waals surface area contributed by atoms with Crippen LogP contribution in [0, 0.1) is 17.8 Å². The molecule has 0 unspecified atom stereocenters. The fourth-order valence-electron chi connectivity index (χ4n) is 3.94. The summed E-state index contributed by atoms with van der Waals surface area (Å²) in [6.07, 6.45) is 7.34. The molecule has 2 aliphatic carbocycles. The minimum atomic E-state index is -0.0989. The topological polar surface area (TPSA) is 52.3 Å². The second-order valence-electron chi connectivity index (χ2n) is 6.42. The lowest BCUT2D eigenvalue weighted by Crippen LogP contribution is -2.17. The first-order valence-electron chi connectivity index (χ1n) is 7.92. The number of nitrogens with zero attached hydrogens (tertiary/aromatic N) is 1. The maximum absolute atomic E-state index is 12.0. The molecule has 2 fully saturated rings. The lowest BCUT2D eigenvalue weighted by atomic mass is 9.86. The molecule has 2 aromatic heterocycles. The smallest absolute Gasteiger partial charge is 0.306 e. The van der Waals surface area contributed by atoms with Crippen molar-refractivity contribution in [3.63, 3.8) is 0 Å². The number of hydrogen-bond donors (Lipinski definition) is 0. The van der Waals surface area contributed by atoms with Gasteiger partial charge in [-0.1, -0.05) is 12.5 Å². The van der Waals surface area contributed by atoms with Crippen LogP contribution in [-0.4, -0.2) is 11.0 Å². The van der Waals surface area contributed by atoms with E-state index in [1.807, 2.05) is 17.5 Å². The normalized spacial score (nSPS) is 26.5. The van der Waals surface area contributed by atoms with Crippen molar-refractivity contribution in [2.24, 2.45) is 17.8 Å². The van der Waals surface area contributed by atoms with Crippen LogP contribution in [0.5, 0.6) is 0 Å². The van der Waals surface area contributed by atoms with Crippen molar-refractivity contribution in [2.45, 2.75) is 38.7 Å². The molecule has 4 nitrogen and oxygen atoms in total. The van der Waals surface area contributed by atoms with Crippen LogP contribution in [0.3, 0.4) is 0 Å². The van der Waals surface area contributed by atoms with Gasteiger partial charge in [-0.05, 0) is 48.5 Å². The average Bonchev–Trinajstić information content (AvgIpc) is 3.27. The zero-order valence-corrected chi connectivity index (χ0v) is 13.2. The molecule has 0 aliphatic heterocycles. The number of carbonyl (C=O) groups is 1. The zero-order valence-electron chi connectivity index (χ0n) is 12.4. The van der Waals surface area contributed by atoms with Gasteiger partial charge >= 0.3 is 5.97 Å². The average molecular weight is 317 g/mol. The first kappa shape index (κ1) is 14.0. The molecule has 2 aromatic rings. The molecule has 0 N–H and O–H groups in total. The minimum absolute atomic E-state index is 0.0989. The van der Waals surface area contributed by atoms with Crippen molar-refractivity contribution < 1.29 is 13.9 Å². The zero-order chi connectivity index (χ0) is 14.9.